The van der Waals surface area contributed by atoms with E-state index in [1.54, 1.807) is 24.1 Å². The Morgan fingerprint density at radius 2 is 1.67 bits per heavy atom. The van der Waals surface area contributed by atoms with E-state index >= 15 is 0 Å². The van der Waals surface area contributed by atoms with Crippen LogP contribution >= 0.6 is 0 Å². The first kappa shape index (κ1) is 29.9. The maximum Gasteiger partial charge on any atom is 0.332 e. The van der Waals surface area contributed by atoms with Gasteiger partial charge in [-0.1, -0.05) is 30.3 Å². The monoisotopic (exact) mass is 621 g/mol. The zero-order valence-corrected chi connectivity index (χ0v) is 26.5. The van der Waals surface area contributed by atoms with Gasteiger partial charge in [-0.3, -0.25) is 9.59 Å². The summed E-state index contributed by atoms with van der Waals surface area (Å²) in [5.41, 5.74) is 2.59. The number of hydrogen-bond donors (Lipinski definition) is 0. The minimum Gasteiger partial charge on any atom is -0.497 e. The highest BCUT2D eigenvalue weighted by Gasteiger charge is 2.64. The Kier molecular flexibility index (Phi) is 7.71. The van der Waals surface area contributed by atoms with E-state index in [0.29, 0.717) is 36.5 Å². The van der Waals surface area contributed by atoms with E-state index in [1.165, 1.54) is 7.11 Å². The summed E-state index contributed by atoms with van der Waals surface area (Å²) in [4.78, 5) is 46.4. The van der Waals surface area contributed by atoms with E-state index < -0.39 is 11.5 Å². The number of aryl methyl sites for hydroxylation is 1. The molecule has 2 aliphatic heterocycles. The Bertz CT molecular complexity index is 1770. The van der Waals surface area contributed by atoms with Crippen molar-refractivity contribution in [3.05, 3.63) is 112 Å². The normalized spacial score (nSPS) is 21.7. The second kappa shape index (κ2) is 11.9. The van der Waals surface area contributed by atoms with Crippen LogP contribution in [-0.4, -0.2) is 71.5 Å². The van der Waals surface area contributed by atoms with Crippen LogP contribution in [0.4, 0.5) is 0 Å². The number of aromatic nitrogens is 1. The molecule has 3 aliphatic rings. The van der Waals surface area contributed by atoms with E-state index in [-0.39, 0.29) is 30.1 Å². The van der Waals surface area contributed by atoms with Gasteiger partial charge in [0, 0.05) is 43.2 Å². The third kappa shape index (κ3) is 4.89. The molecule has 238 valence electrons. The molecule has 4 heterocycles. The van der Waals surface area contributed by atoms with E-state index in [2.05, 4.69) is 4.57 Å². The van der Waals surface area contributed by atoms with Gasteiger partial charge in [0.1, 0.15) is 23.0 Å². The largest absolute Gasteiger partial charge is 0.497 e. The summed E-state index contributed by atoms with van der Waals surface area (Å²) >= 11 is 0. The van der Waals surface area contributed by atoms with Crippen LogP contribution in [0.2, 0.25) is 0 Å². The van der Waals surface area contributed by atoms with Crippen LogP contribution in [0, 0.1) is 12.8 Å². The SMILES string of the molecule is COC(=O)[C@@]1(Cc2ccc(OC)cc2)[C@H]2c3cc(C(=O)N4CCCC4)n(Cc4ccc(C)o4)c3C[C@H]2CN1C(=O)c1ccccc1. The van der Waals surface area contributed by atoms with Crippen LogP contribution in [-0.2, 0) is 28.9 Å². The molecule has 2 amide bonds. The molecule has 0 N–H and O–H groups in total. The number of hydrogen-bond acceptors (Lipinski definition) is 6. The van der Waals surface area contributed by atoms with Crippen LogP contribution in [0.15, 0.2) is 77.2 Å². The fourth-order valence-corrected chi connectivity index (χ4v) is 8.02. The van der Waals surface area contributed by atoms with Crippen molar-refractivity contribution in [3.63, 3.8) is 0 Å². The molecule has 7 rings (SSSR count). The van der Waals surface area contributed by atoms with Crippen molar-refractivity contribution < 1.29 is 28.3 Å². The first-order valence-corrected chi connectivity index (χ1v) is 16.0. The highest BCUT2D eigenvalue weighted by Crippen LogP contribution is 2.55. The summed E-state index contributed by atoms with van der Waals surface area (Å²) in [6.45, 7) is 4.15. The Balaban J connectivity index is 1.39. The Hall–Kier alpha value is -4.79. The number of fused-ring (bicyclic) bond motifs is 3. The smallest absolute Gasteiger partial charge is 0.332 e. The lowest BCUT2D eigenvalue weighted by molar-refractivity contribution is -0.153. The zero-order valence-electron chi connectivity index (χ0n) is 26.5. The van der Waals surface area contributed by atoms with Gasteiger partial charge in [0.25, 0.3) is 11.8 Å². The number of esters is 1. The van der Waals surface area contributed by atoms with Gasteiger partial charge in [-0.05, 0) is 85.7 Å². The molecule has 0 radical (unpaired) electrons. The van der Waals surface area contributed by atoms with Crippen molar-refractivity contribution in [2.24, 2.45) is 5.92 Å². The van der Waals surface area contributed by atoms with Crippen LogP contribution < -0.4 is 4.74 Å². The third-order valence-corrected chi connectivity index (χ3v) is 10.1. The molecule has 2 aromatic carbocycles. The van der Waals surface area contributed by atoms with Crippen molar-refractivity contribution in [1.29, 1.82) is 0 Å². The Morgan fingerprint density at radius 3 is 2.33 bits per heavy atom. The molecule has 1 aliphatic carbocycles. The molecule has 0 spiro atoms. The first-order chi connectivity index (χ1) is 22.3. The highest BCUT2D eigenvalue weighted by atomic mass is 16.5. The quantitative estimate of drug-likeness (QED) is 0.250. The molecule has 9 nitrogen and oxygen atoms in total. The van der Waals surface area contributed by atoms with E-state index in [4.69, 9.17) is 13.9 Å². The molecule has 0 bridgehead atoms. The minimum atomic E-state index is -1.34. The topological polar surface area (TPSA) is 94.2 Å². The lowest BCUT2D eigenvalue weighted by atomic mass is 9.75. The number of ether oxygens (including phenoxy) is 2. The number of amides is 2. The molecular formula is C37H39N3O6. The summed E-state index contributed by atoms with van der Waals surface area (Å²) in [7, 11) is 3.00. The number of carbonyl (C=O) groups excluding carboxylic acids is 3. The summed E-state index contributed by atoms with van der Waals surface area (Å²) < 4.78 is 19.1. The maximum atomic E-state index is 14.4. The number of likely N-dealkylation sites (tertiary alicyclic amines) is 2. The van der Waals surface area contributed by atoms with E-state index in [1.807, 2.05) is 72.5 Å². The molecule has 2 aromatic heterocycles. The fourth-order valence-electron chi connectivity index (χ4n) is 8.02. The molecule has 0 saturated carbocycles. The molecule has 4 aromatic rings. The maximum absolute atomic E-state index is 14.4. The van der Waals surface area contributed by atoms with Crippen LogP contribution in [0.25, 0.3) is 0 Å². The zero-order chi connectivity index (χ0) is 32.0. The van der Waals surface area contributed by atoms with Gasteiger partial charge in [0.2, 0.25) is 0 Å². The van der Waals surface area contributed by atoms with Crippen LogP contribution in [0.5, 0.6) is 5.75 Å². The molecule has 9 heteroatoms. The lowest BCUT2D eigenvalue weighted by Gasteiger charge is -2.40. The summed E-state index contributed by atoms with van der Waals surface area (Å²) in [5, 5.41) is 0. The average molecular weight is 622 g/mol. The molecule has 2 saturated heterocycles. The van der Waals surface area contributed by atoms with Gasteiger partial charge in [-0.25, -0.2) is 4.79 Å². The number of carbonyl (C=O) groups is 3. The highest BCUT2D eigenvalue weighted by molar-refractivity contribution is 6.00. The third-order valence-electron chi connectivity index (χ3n) is 10.1. The average Bonchev–Trinajstić information content (AvgIpc) is 3.91. The van der Waals surface area contributed by atoms with Gasteiger partial charge < -0.3 is 28.3 Å². The van der Waals surface area contributed by atoms with Crippen LogP contribution in [0.3, 0.4) is 0 Å². The van der Waals surface area contributed by atoms with Gasteiger partial charge in [-0.2, -0.15) is 0 Å². The molecule has 46 heavy (non-hydrogen) atoms. The van der Waals surface area contributed by atoms with Crippen LogP contribution in [0.1, 0.15) is 67.9 Å². The number of benzene rings is 2. The van der Waals surface area contributed by atoms with Crippen molar-refractivity contribution in [2.75, 3.05) is 33.9 Å². The number of nitrogens with zero attached hydrogens (tertiary/aromatic N) is 3. The molecular weight excluding hydrogens is 582 g/mol. The lowest BCUT2D eigenvalue weighted by Crippen LogP contribution is -2.58. The predicted octanol–water partition coefficient (Wildman–Crippen LogP) is 5.25. The summed E-state index contributed by atoms with van der Waals surface area (Å²) in [5.74, 6) is 1.16. The number of methoxy groups -OCH3 is 2. The second-order valence-electron chi connectivity index (χ2n) is 12.7. The van der Waals surface area contributed by atoms with Gasteiger partial charge in [-0.15, -0.1) is 0 Å². The van der Waals surface area contributed by atoms with Crippen molar-refractivity contribution in [1.82, 2.24) is 14.4 Å². The summed E-state index contributed by atoms with van der Waals surface area (Å²) in [6, 6.07) is 22.6. The standard InChI is InChI=1S/C37H39N3O6/c1-24-11-14-29(46-24)23-39-31-19-27-22-40(34(41)26-9-5-4-6-10-26)37(36(43)45-3,21-25-12-15-28(44-2)16-13-25)33(27)30(31)20-32(39)35(42)38-17-7-8-18-38/h4-6,9-16,20,27,33H,7-8,17-19,21-23H2,1-3H3/t27-,33+,37+/m0/s1. The van der Waals surface area contributed by atoms with Crippen molar-refractivity contribution >= 4 is 17.8 Å². The summed E-state index contributed by atoms with van der Waals surface area (Å²) in [6.07, 6.45) is 2.84. The predicted molar refractivity (Wildman–Crippen MR) is 171 cm³/mol. The van der Waals surface area contributed by atoms with Crippen molar-refractivity contribution in [2.45, 2.75) is 50.6 Å². The van der Waals surface area contributed by atoms with E-state index in [9.17, 15) is 14.4 Å². The first-order valence-electron chi connectivity index (χ1n) is 16.0. The number of rotatable bonds is 8. The second-order valence-corrected chi connectivity index (χ2v) is 12.7. The Morgan fingerprint density at radius 1 is 0.935 bits per heavy atom. The molecule has 3 atom stereocenters. The molecule has 0 unspecified atom stereocenters. The van der Waals surface area contributed by atoms with Gasteiger partial charge >= 0.3 is 5.97 Å². The van der Waals surface area contributed by atoms with E-state index in [0.717, 1.165) is 54.3 Å². The molecule has 2 fully saturated rings. The fraction of sp³-hybridized carbons (Fsp3) is 0.378. The number of furan rings is 1. The van der Waals surface area contributed by atoms with Gasteiger partial charge in [0.15, 0.2) is 5.54 Å². The van der Waals surface area contributed by atoms with Crippen molar-refractivity contribution in [3.8, 4) is 5.75 Å². The van der Waals surface area contributed by atoms with Gasteiger partial charge in [0.05, 0.1) is 20.8 Å². The minimum absolute atomic E-state index is 0.0132. The Labute approximate surface area is 268 Å².